The molecule has 0 unspecified atom stereocenters. The van der Waals surface area contributed by atoms with Crippen molar-refractivity contribution in [3.63, 3.8) is 0 Å². The number of ether oxygens (including phenoxy) is 2. The van der Waals surface area contributed by atoms with E-state index in [4.69, 9.17) is 9.47 Å². The molecular weight excluding hydrogens is 414 g/mol. The van der Waals surface area contributed by atoms with Crippen LogP contribution >= 0.6 is 23.1 Å². The van der Waals surface area contributed by atoms with E-state index in [-0.39, 0.29) is 24.8 Å². The number of thiazole rings is 1. The van der Waals surface area contributed by atoms with Gasteiger partial charge in [0.2, 0.25) is 12.7 Å². The fourth-order valence-corrected chi connectivity index (χ4v) is 5.09. The summed E-state index contributed by atoms with van der Waals surface area (Å²) in [5, 5.41) is 3.58. The van der Waals surface area contributed by atoms with Gasteiger partial charge in [0.05, 0.1) is 0 Å². The molecule has 0 aliphatic carbocycles. The van der Waals surface area contributed by atoms with Crippen molar-refractivity contribution in [2.75, 3.05) is 41.6 Å². The maximum atomic E-state index is 12.8. The van der Waals surface area contributed by atoms with Crippen LogP contribution in [0.25, 0.3) is 10.3 Å². The Balaban J connectivity index is 1.34. The number of carbonyl (C=O) groups is 1. The quantitative estimate of drug-likeness (QED) is 0.668. The van der Waals surface area contributed by atoms with Crippen LogP contribution in [0.2, 0.25) is 0 Å². The molecule has 4 heterocycles. The molecule has 0 saturated carbocycles. The monoisotopic (exact) mass is 431 g/mol. The van der Waals surface area contributed by atoms with Crippen molar-refractivity contribution in [3.05, 3.63) is 34.9 Å². The van der Waals surface area contributed by atoms with Crippen molar-refractivity contribution in [2.45, 2.75) is 6.54 Å². The lowest BCUT2D eigenvalue weighted by atomic mass is 10.3. The van der Waals surface area contributed by atoms with Gasteiger partial charge >= 0.3 is 0 Å². The molecule has 1 aromatic carbocycles. The van der Waals surface area contributed by atoms with Crippen molar-refractivity contribution in [1.82, 2.24) is 14.5 Å². The van der Waals surface area contributed by atoms with E-state index < -0.39 is 0 Å². The lowest BCUT2D eigenvalue weighted by molar-refractivity contribution is -0.116. The Morgan fingerprint density at radius 2 is 2.03 bits per heavy atom. The second-order valence-electron chi connectivity index (χ2n) is 6.54. The zero-order chi connectivity index (χ0) is 19.8. The first-order valence-corrected chi connectivity index (χ1v) is 11.0. The number of nitrogens with one attached hydrogen (secondary N) is 1. The van der Waals surface area contributed by atoms with Crippen LogP contribution in [0.15, 0.2) is 29.3 Å². The van der Waals surface area contributed by atoms with Gasteiger partial charge in [-0.1, -0.05) is 11.3 Å². The predicted molar refractivity (Wildman–Crippen MR) is 112 cm³/mol. The minimum Gasteiger partial charge on any atom is -0.454 e. The fourth-order valence-electron chi connectivity index (χ4n) is 3.17. The zero-order valence-electron chi connectivity index (χ0n) is 15.3. The molecule has 1 saturated heterocycles. The van der Waals surface area contributed by atoms with Crippen molar-refractivity contribution in [2.24, 2.45) is 0 Å². The minimum atomic E-state index is -0.329. The van der Waals surface area contributed by atoms with Crippen molar-refractivity contribution >= 4 is 50.2 Å². The molecule has 29 heavy (non-hydrogen) atoms. The molecule has 3 aromatic rings. The standard InChI is InChI=1S/C18H17N5O4S2/c24-14(20-11-1-2-12-13(7-11)27-10-26-12)8-23-9-19-16-15(17(23)25)29-18(21-16)22-3-5-28-6-4-22/h1-2,7,9H,3-6,8,10H2,(H,20,24). The number of rotatable bonds is 4. The van der Waals surface area contributed by atoms with Gasteiger partial charge in [0.1, 0.15) is 17.6 Å². The topological polar surface area (TPSA) is 98.6 Å². The summed E-state index contributed by atoms with van der Waals surface area (Å²) in [6.45, 7) is 1.86. The van der Waals surface area contributed by atoms with Crippen LogP contribution in [-0.4, -0.2) is 51.8 Å². The number of anilines is 2. The summed E-state index contributed by atoms with van der Waals surface area (Å²) in [6, 6.07) is 5.15. The molecule has 2 aromatic heterocycles. The highest BCUT2D eigenvalue weighted by Crippen LogP contribution is 2.34. The number of benzene rings is 1. The lowest BCUT2D eigenvalue weighted by Gasteiger charge is -2.25. The Labute approximate surface area is 173 Å². The lowest BCUT2D eigenvalue weighted by Crippen LogP contribution is -2.32. The van der Waals surface area contributed by atoms with Gasteiger partial charge in [-0.25, -0.2) is 4.98 Å². The molecule has 0 spiro atoms. The first-order valence-electron chi connectivity index (χ1n) is 9.05. The number of thioether (sulfide) groups is 1. The van der Waals surface area contributed by atoms with E-state index in [2.05, 4.69) is 20.2 Å². The van der Waals surface area contributed by atoms with Gasteiger partial charge in [0, 0.05) is 36.3 Å². The minimum absolute atomic E-state index is 0.135. The van der Waals surface area contributed by atoms with Crippen molar-refractivity contribution in [1.29, 1.82) is 0 Å². The molecule has 2 aliphatic rings. The van der Waals surface area contributed by atoms with Crippen LogP contribution in [0, 0.1) is 0 Å². The van der Waals surface area contributed by atoms with Gasteiger partial charge in [-0.2, -0.15) is 16.7 Å². The van der Waals surface area contributed by atoms with Gasteiger partial charge in [-0.15, -0.1) is 0 Å². The Kier molecular flexibility index (Phi) is 4.76. The molecule has 9 nitrogen and oxygen atoms in total. The number of hydrogen-bond donors (Lipinski definition) is 1. The third-order valence-electron chi connectivity index (χ3n) is 4.62. The Morgan fingerprint density at radius 3 is 2.90 bits per heavy atom. The van der Waals surface area contributed by atoms with Gasteiger partial charge < -0.3 is 19.7 Å². The van der Waals surface area contributed by atoms with Crippen molar-refractivity contribution in [3.8, 4) is 11.5 Å². The Bertz CT molecular complexity index is 1140. The normalized spacial score (nSPS) is 15.7. The molecule has 2 aliphatic heterocycles. The average molecular weight is 431 g/mol. The molecule has 1 fully saturated rings. The number of hydrogen-bond acceptors (Lipinski definition) is 9. The van der Waals surface area contributed by atoms with Crippen LogP contribution in [0.1, 0.15) is 0 Å². The summed E-state index contributed by atoms with van der Waals surface area (Å²) in [4.78, 5) is 36.2. The highest BCUT2D eigenvalue weighted by atomic mass is 32.2. The van der Waals surface area contributed by atoms with Crippen LogP contribution < -0.4 is 25.2 Å². The van der Waals surface area contributed by atoms with Gasteiger partial charge in [-0.05, 0) is 12.1 Å². The van der Waals surface area contributed by atoms with Gasteiger partial charge in [-0.3, -0.25) is 14.2 Å². The summed E-state index contributed by atoms with van der Waals surface area (Å²) < 4.78 is 12.3. The average Bonchev–Trinajstić information content (AvgIpc) is 3.38. The van der Waals surface area contributed by atoms with E-state index in [1.54, 1.807) is 18.2 Å². The predicted octanol–water partition coefficient (Wildman–Crippen LogP) is 1.77. The highest BCUT2D eigenvalue weighted by molar-refractivity contribution is 7.99. The van der Waals surface area contributed by atoms with E-state index in [9.17, 15) is 9.59 Å². The van der Waals surface area contributed by atoms with Gasteiger partial charge in [0.25, 0.3) is 5.56 Å². The van der Waals surface area contributed by atoms with Gasteiger partial charge in [0.15, 0.2) is 22.3 Å². The Morgan fingerprint density at radius 1 is 1.21 bits per heavy atom. The smallest absolute Gasteiger partial charge is 0.273 e. The summed E-state index contributed by atoms with van der Waals surface area (Å²) >= 11 is 3.25. The summed E-state index contributed by atoms with van der Waals surface area (Å²) in [6.07, 6.45) is 1.37. The third-order valence-corrected chi connectivity index (χ3v) is 6.66. The van der Waals surface area contributed by atoms with Crippen LogP contribution in [0.4, 0.5) is 10.8 Å². The number of amides is 1. The molecule has 5 rings (SSSR count). The molecule has 0 radical (unpaired) electrons. The van der Waals surface area contributed by atoms with E-state index >= 15 is 0 Å². The second-order valence-corrected chi connectivity index (χ2v) is 8.74. The maximum absolute atomic E-state index is 12.8. The maximum Gasteiger partial charge on any atom is 0.273 e. The first kappa shape index (κ1) is 18.3. The second kappa shape index (κ2) is 7.56. The molecule has 1 amide bonds. The molecule has 0 bridgehead atoms. The molecule has 150 valence electrons. The SMILES string of the molecule is O=C(Cn1cnc2nc(N3CCSCC3)sc2c1=O)Nc1ccc2c(c1)OCO2. The van der Waals surface area contributed by atoms with Crippen LogP contribution in [0.3, 0.4) is 0 Å². The zero-order valence-corrected chi connectivity index (χ0v) is 16.9. The van der Waals surface area contributed by atoms with E-state index in [1.165, 1.54) is 22.2 Å². The van der Waals surface area contributed by atoms with E-state index in [0.29, 0.717) is 27.5 Å². The molecule has 11 heteroatoms. The van der Waals surface area contributed by atoms with E-state index in [0.717, 1.165) is 29.7 Å². The first-order chi connectivity index (χ1) is 14.2. The number of nitrogens with zero attached hydrogens (tertiary/aromatic N) is 4. The van der Waals surface area contributed by atoms with E-state index in [1.807, 2.05) is 11.8 Å². The third kappa shape index (κ3) is 3.62. The summed E-state index contributed by atoms with van der Waals surface area (Å²) in [5.41, 5.74) is 0.746. The van der Waals surface area contributed by atoms with Crippen LogP contribution in [-0.2, 0) is 11.3 Å². The molecule has 0 atom stereocenters. The summed E-state index contributed by atoms with van der Waals surface area (Å²) in [5.74, 6) is 2.99. The Hall–Kier alpha value is -2.79. The number of fused-ring (bicyclic) bond motifs is 2. The number of carbonyl (C=O) groups excluding carboxylic acids is 1. The van der Waals surface area contributed by atoms with Crippen molar-refractivity contribution < 1.29 is 14.3 Å². The number of aromatic nitrogens is 3. The molecular formula is C18H17N5O4S2. The largest absolute Gasteiger partial charge is 0.454 e. The van der Waals surface area contributed by atoms with Crippen LogP contribution in [0.5, 0.6) is 11.5 Å². The fraction of sp³-hybridized carbons (Fsp3) is 0.333. The molecule has 1 N–H and O–H groups in total. The highest BCUT2D eigenvalue weighted by Gasteiger charge is 2.19. The summed E-state index contributed by atoms with van der Waals surface area (Å²) in [7, 11) is 0.